The first-order chi connectivity index (χ1) is 5.49. The van der Waals surface area contributed by atoms with Crippen LogP contribution in [0.1, 0.15) is 26.2 Å². The minimum Gasteiger partial charge on any atom is -0.390 e. The molecule has 0 saturated carbocycles. The maximum atomic E-state index is 10.1. The van der Waals surface area contributed by atoms with Gasteiger partial charge >= 0.3 is 0 Å². The molecule has 0 unspecified atom stereocenters. The average molecular weight is 171 g/mol. The van der Waals surface area contributed by atoms with Crippen LogP contribution in [0.4, 0.5) is 0 Å². The smallest absolute Gasteiger partial charge is 0.224 e. The quantitative estimate of drug-likeness (QED) is 0.384. The van der Waals surface area contributed by atoms with E-state index in [2.05, 4.69) is 0 Å². The van der Waals surface area contributed by atoms with Gasteiger partial charge in [-0.3, -0.25) is 10.1 Å². The van der Waals surface area contributed by atoms with Crippen LogP contribution in [-0.2, 0) is 0 Å². The molecule has 0 aromatic rings. The number of aliphatic hydroxyl groups is 1. The van der Waals surface area contributed by atoms with Crippen LogP contribution < -0.4 is 0 Å². The summed E-state index contributed by atoms with van der Waals surface area (Å²) in [4.78, 5) is 9.80. The zero-order chi connectivity index (χ0) is 9.19. The van der Waals surface area contributed by atoms with Gasteiger partial charge < -0.3 is 5.11 Å². The molecule has 0 amide bonds. The molecule has 1 aliphatic carbocycles. The molecular formula is C8H13NO3. The van der Waals surface area contributed by atoms with Crippen molar-refractivity contribution in [2.45, 2.75) is 31.8 Å². The van der Waals surface area contributed by atoms with Crippen molar-refractivity contribution in [2.24, 2.45) is 0 Å². The first kappa shape index (κ1) is 9.19. The predicted octanol–water partition coefficient (Wildman–Crippen LogP) is 1.12. The molecule has 0 heterocycles. The molecule has 0 radical (unpaired) electrons. The Balaban J connectivity index is 2.50. The van der Waals surface area contributed by atoms with Crippen LogP contribution in [-0.4, -0.2) is 22.2 Å². The van der Waals surface area contributed by atoms with Gasteiger partial charge in [0.15, 0.2) is 0 Å². The normalized spacial score (nSPS) is 29.7. The minimum absolute atomic E-state index is 0.0733. The molecule has 0 fully saturated rings. The standard InChI is InChI=1S/C8H13NO3/c1-8(10)4-2-7(3-5-8)6-9(11)12/h2,10H,3-6H2,1H3/t8-/m0/s1. The van der Waals surface area contributed by atoms with Gasteiger partial charge in [0.2, 0.25) is 6.54 Å². The van der Waals surface area contributed by atoms with Crippen LogP contribution >= 0.6 is 0 Å². The van der Waals surface area contributed by atoms with Gasteiger partial charge in [0.05, 0.1) is 5.60 Å². The minimum atomic E-state index is -0.653. The number of rotatable bonds is 2. The fourth-order valence-electron chi connectivity index (χ4n) is 1.31. The Labute approximate surface area is 71.0 Å². The molecule has 1 N–H and O–H groups in total. The maximum Gasteiger partial charge on any atom is 0.224 e. The summed E-state index contributed by atoms with van der Waals surface area (Å²) in [7, 11) is 0. The van der Waals surface area contributed by atoms with Crippen molar-refractivity contribution < 1.29 is 10.0 Å². The molecule has 0 saturated heterocycles. The average Bonchev–Trinajstić information content (AvgIpc) is 1.93. The summed E-state index contributed by atoms with van der Waals surface area (Å²) in [6.07, 6.45) is 3.60. The van der Waals surface area contributed by atoms with Gasteiger partial charge in [-0.2, -0.15) is 0 Å². The van der Waals surface area contributed by atoms with E-state index in [1.54, 1.807) is 13.0 Å². The Bertz CT molecular complexity index is 220. The summed E-state index contributed by atoms with van der Waals surface area (Å²) in [5.41, 5.74) is 0.187. The summed E-state index contributed by atoms with van der Waals surface area (Å²) < 4.78 is 0. The Kier molecular flexibility index (Phi) is 2.47. The zero-order valence-electron chi connectivity index (χ0n) is 7.12. The SMILES string of the molecule is C[C@]1(O)CC=C(C[N+](=O)[O-])CC1. The summed E-state index contributed by atoms with van der Waals surface area (Å²) in [6, 6.07) is 0. The third-order valence-electron chi connectivity index (χ3n) is 2.15. The van der Waals surface area contributed by atoms with E-state index in [1.165, 1.54) is 0 Å². The van der Waals surface area contributed by atoms with Crippen LogP contribution in [0.3, 0.4) is 0 Å². The molecule has 12 heavy (non-hydrogen) atoms. The van der Waals surface area contributed by atoms with Gasteiger partial charge in [0, 0.05) is 4.92 Å². The van der Waals surface area contributed by atoms with Gasteiger partial charge in [-0.25, -0.2) is 0 Å². The predicted molar refractivity (Wildman–Crippen MR) is 44.4 cm³/mol. The summed E-state index contributed by atoms with van der Waals surface area (Å²) >= 11 is 0. The van der Waals surface area contributed by atoms with Gasteiger partial charge in [-0.05, 0) is 31.8 Å². The Morgan fingerprint density at radius 2 is 2.50 bits per heavy atom. The van der Waals surface area contributed by atoms with Crippen LogP contribution in [0.25, 0.3) is 0 Å². The van der Waals surface area contributed by atoms with E-state index >= 15 is 0 Å². The number of hydrogen-bond donors (Lipinski definition) is 1. The highest BCUT2D eigenvalue weighted by Gasteiger charge is 2.24. The summed E-state index contributed by atoms with van der Waals surface area (Å²) in [5.74, 6) is 0. The van der Waals surface area contributed by atoms with Crippen molar-refractivity contribution >= 4 is 0 Å². The third-order valence-corrected chi connectivity index (χ3v) is 2.15. The lowest BCUT2D eigenvalue weighted by Crippen LogP contribution is -2.27. The van der Waals surface area contributed by atoms with Gasteiger partial charge in [0.25, 0.3) is 0 Å². The maximum absolute atomic E-state index is 10.1. The summed E-state index contributed by atoms with van der Waals surface area (Å²) in [5, 5.41) is 19.6. The fraction of sp³-hybridized carbons (Fsp3) is 0.750. The third kappa shape index (κ3) is 2.62. The molecule has 68 valence electrons. The van der Waals surface area contributed by atoms with E-state index in [1.807, 2.05) is 0 Å². The molecule has 1 aliphatic rings. The van der Waals surface area contributed by atoms with Crippen molar-refractivity contribution in [3.05, 3.63) is 21.8 Å². The molecule has 0 spiro atoms. The lowest BCUT2D eigenvalue weighted by atomic mass is 9.87. The molecule has 0 bridgehead atoms. The van der Waals surface area contributed by atoms with Crippen LogP contribution in [0.15, 0.2) is 11.6 Å². The Hall–Kier alpha value is -0.900. The van der Waals surface area contributed by atoms with Crippen molar-refractivity contribution in [3.8, 4) is 0 Å². The molecule has 0 aromatic carbocycles. The Morgan fingerprint density at radius 1 is 1.83 bits per heavy atom. The largest absolute Gasteiger partial charge is 0.390 e. The van der Waals surface area contributed by atoms with E-state index in [9.17, 15) is 15.2 Å². The highest BCUT2D eigenvalue weighted by molar-refractivity contribution is 5.09. The first-order valence-electron chi connectivity index (χ1n) is 4.02. The second-order valence-corrected chi connectivity index (χ2v) is 3.55. The van der Waals surface area contributed by atoms with E-state index in [4.69, 9.17) is 0 Å². The lowest BCUT2D eigenvalue weighted by Gasteiger charge is -2.25. The second kappa shape index (κ2) is 3.23. The van der Waals surface area contributed by atoms with E-state index in [-0.39, 0.29) is 11.5 Å². The monoisotopic (exact) mass is 171 g/mol. The van der Waals surface area contributed by atoms with Crippen LogP contribution in [0.2, 0.25) is 0 Å². The van der Waals surface area contributed by atoms with Gasteiger partial charge in [-0.1, -0.05) is 6.08 Å². The second-order valence-electron chi connectivity index (χ2n) is 3.55. The van der Waals surface area contributed by atoms with E-state index < -0.39 is 5.60 Å². The number of nitro groups is 1. The van der Waals surface area contributed by atoms with Gasteiger partial charge in [0.1, 0.15) is 0 Å². The molecule has 1 atom stereocenters. The van der Waals surface area contributed by atoms with E-state index in [0.29, 0.717) is 19.3 Å². The van der Waals surface area contributed by atoms with E-state index in [0.717, 1.165) is 5.57 Å². The van der Waals surface area contributed by atoms with Crippen LogP contribution in [0.5, 0.6) is 0 Å². The van der Waals surface area contributed by atoms with Crippen LogP contribution in [0, 0.1) is 10.1 Å². The molecule has 0 aromatic heterocycles. The van der Waals surface area contributed by atoms with Gasteiger partial charge in [-0.15, -0.1) is 0 Å². The molecular weight excluding hydrogens is 158 g/mol. The topological polar surface area (TPSA) is 63.4 Å². The number of hydrogen-bond acceptors (Lipinski definition) is 3. The summed E-state index contributed by atoms with van der Waals surface area (Å²) in [6.45, 7) is 1.68. The molecule has 0 aliphatic heterocycles. The Morgan fingerprint density at radius 3 is 2.92 bits per heavy atom. The van der Waals surface area contributed by atoms with Crippen molar-refractivity contribution in [3.63, 3.8) is 0 Å². The fourth-order valence-corrected chi connectivity index (χ4v) is 1.31. The van der Waals surface area contributed by atoms with Crippen molar-refractivity contribution in [1.82, 2.24) is 0 Å². The highest BCUT2D eigenvalue weighted by atomic mass is 16.6. The molecule has 4 nitrogen and oxygen atoms in total. The molecule has 4 heteroatoms. The highest BCUT2D eigenvalue weighted by Crippen LogP contribution is 2.26. The molecule has 1 rings (SSSR count). The first-order valence-corrected chi connectivity index (χ1v) is 4.02. The number of nitrogens with zero attached hydrogens (tertiary/aromatic N) is 1. The lowest BCUT2D eigenvalue weighted by molar-refractivity contribution is -0.471. The van der Waals surface area contributed by atoms with Crippen molar-refractivity contribution in [2.75, 3.05) is 6.54 Å². The zero-order valence-corrected chi connectivity index (χ0v) is 7.12. The van der Waals surface area contributed by atoms with Crippen molar-refractivity contribution in [1.29, 1.82) is 0 Å².